The maximum absolute atomic E-state index is 11.9. The van der Waals surface area contributed by atoms with Crippen molar-refractivity contribution < 1.29 is 9.59 Å². The number of rotatable bonds is 5. The predicted octanol–water partition coefficient (Wildman–Crippen LogP) is 1.06. The SMILES string of the molecule is CC(C)CNC(=O)CNC(=O)c1ccc2nc[nH]c2c1. The molecule has 106 valence electrons. The Morgan fingerprint density at radius 3 is 2.85 bits per heavy atom. The van der Waals surface area contributed by atoms with E-state index >= 15 is 0 Å². The molecular formula is C14H18N4O2. The van der Waals surface area contributed by atoms with E-state index in [4.69, 9.17) is 0 Å². The third kappa shape index (κ3) is 3.57. The Morgan fingerprint density at radius 2 is 2.10 bits per heavy atom. The summed E-state index contributed by atoms with van der Waals surface area (Å²) >= 11 is 0. The molecule has 2 aromatic rings. The molecule has 0 saturated heterocycles. The molecule has 0 spiro atoms. The van der Waals surface area contributed by atoms with Gasteiger partial charge < -0.3 is 15.6 Å². The number of aromatic amines is 1. The molecule has 0 fully saturated rings. The number of nitrogens with one attached hydrogen (secondary N) is 3. The first-order chi connectivity index (χ1) is 9.56. The highest BCUT2D eigenvalue weighted by molar-refractivity contribution is 5.98. The third-order valence-electron chi connectivity index (χ3n) is 2.80. The fourth-order valence-corrected chi connectivity index (χ4v) is 1.72. The van der Waals surface area contributed by atoms with Crippen LogP contribution in [-0.2, 0) is 4.79 Å². The summed E-state index contributed by atoms with van der Waals surface area (Å²) in [6.07, 6.45) is 1.58. The van der Waals surface area contributed by atoms with E-state index in [0.717, 1.165) is 11.0 Å². The molecule has 1 aromatic carbocycles. The summed E-state index contributed by atoms with van der Waals surface area (Å²) in [5, 5.41) is 5.34. The largest absolute Gasteiger partial charge is 0.354 e. The van der Waals surface area contributed by atoms with E-state index in [1.165, 1.54) is 0 Å². The van der Waals surface area contributed by atoms with Gasteiger partial charge in [-0.05, 0) is 24.1 Å². The molecule has 6 nitrogen and oxygen atoms in total. The predicted molar refractivity (Wildman–Crippen MR) is 76.3 cm³/mol. The summed E-state index contributed by atoms with van der Waals surface area (Å²) in [7, 11) is 0. The number of carbonyl (C=O) groups excluding carboxylic acids is 2. The molecule has 0 radical (unpaired) electrons. The van der Waals surface area contributed by atoms with Crippen molar-refractivity contribution in [2.75, 3.05) is 13.1 Å². The normalized spacial score (nSPS) is 10.8. The molecule has 2 amide bonds. The fourth-order valence-electron chi connectivity index (χ4n) is 1.72. The van der Waals surface area contributed by atoms with Gasteiger partial charge in [-0.15, -0.1) is 0 Å². The highest BCUT2D eigenvalue weighted by atomic mass is 16.2. The Hall–Kier alpha value is -2.37. The molecule has 0 unspecified atom stereocenters. The van der Waals surface area contributed by atoms with Gasteiger partial charge in [-0.1, -0.05) is 13.8 Å². The van der Waals surface area contributed by atoms with Crippen molar-refractivity contribution in [1.82, 2.24) is 20.6 Å². The quantitative estimate of drug-likeness (QED) is 0.762. The zero-order valence-corrected chi connectivity index (χ0v) is 11.6. The third-order valence-corrected chi connectivity index (χ3v) is 2.80. The van der Waals surface area contributed by atoms with Crippen molar-refractivity contribution in [3.8, 4) is 0 Å². The first-order valence-corrected chi connectivity index (χ1v) is 6.54. The lowest BCUT2D eigenvalue weighted by Crippen LogP contribution is -2.38. The molecule has 1 heterocycles. The van der Waals surface area contributed by atoms with Gasteiger partial charge in [-0.3, -0.25) is 9.59 Å². The smallest absolute Gasteiger partial charge is 0.251 e. The van der Waals surface area contributed by atoms with Gasteiger partial charge in [-0.2, -0.15) is 0 Å². The van der Waals surface area contributed by atoms with Gasteiger partial charge in [0, 0.05) is 12.1 Å². The Kier molecular flexibility index (Phi) is 4.34. The second kappa shape index (κ2) is 6.18. The number of nitrogens with zero attached hydrogens (tertiary/aromatic N) is 1. The molecule has 0 aliphatic heterocycles. The summed E-state index contributed by atoms with van der Waals surface area (Å²) < 4.78 is 0. The summed E-state index contributed by atoms with van der Waals surface area (Å²) in [5.41, 5.74) is 2.09. The minimum absolute atomic E-state index is 0.0213. The van der Waals surface area contributed by atoms with E-state index in [1.54, 1.807) is 24.5 Å². The lowest BCUT2D eigenvalue weighted by molar-refractivity contribution is -0.120. The van der Waals surface area contributed by atoms with Crippen molar-refractivity contribution in [2.45, 2.75) is 13.8 Å². The van der Waals surface area contributed by atoms with E-state index in [1.807, 2.05) is 13.8 Å². The van der Waals surface area contributed by atoms with Crippen molar-refractivity contribution >= 4 is 22.8 Å². The summed E-state index contributed by atoms with van der Waals surface area (Å²) in [5.74, 6) is -0.0756. The van der Waals surface area contributed by atoms with E-state index in [9.17, 15) is 9.59 Å². The Labute approximate surface area is 117 Å². The van der Waals surface area contributed by atoms with Crippen LogP contribution in [0, 0.1) is 5.92 Å². The number of amides is 2. The number of hydrogen-bond donors (Lipinski definition) is 3. The molecule has 0 saturated carbocycles. The molecule has 20 heavy (non-hydrogen) atoms. The van der Waals surface area contributed by atoms with Gasteiger partial charge in [0.15, 0.2) is 0 Å². The van der Waals surface area contributed by atoms with E-state index in [-0.39, 0.29) is 18.4 Å². The van der Waals surface area contributed by atoms with Gasteiger partial charge in [0.25, 0.3) is 5.91 Å². The lowest BCUT2D eigenvalue weighted by Gasteiger charge is -2.08. The fraction of sp³-hybridized carbons (Fsp3) is 0.357. The van der Waals surface area contributed by atoms with Crippen molar-refractivity contribution in [1.29, 1.82) is 0 Å². The number of hydrogen-bond acceptors (Lipinski definition) is 3. The number of aromatic nitrogens is 2. The second-order valence-electron chi connectivity index (χ2n) is 5.02. The first-order valence-electron chi connectivity index (χ1n) is 6.54. The first kappa shape index (κ1) is 14.0. The molecule has 0 aliphatic rings. The topological polar surface area (TPSA) is 86.9 Å². The van der Waals surface area contributed by atoms with Crippen molar-refractivity contribution in [3.63, 3.8) is 0 Å². The molecule has 1 aromatic heterocycles. The Balaban J connectivity index is 1.89. The maximum atomic E-state index is 11.9. The van der Waals surface area contributed by atoms with Crippen LogP contribution in [0.4, 0.5) is 0 Å². The van der Waals surface area contributed by atoms with Crippen LogP contribution in [0.1, 0.15) is 24.2 Å². The minimum atomic E-state index is -0.277. The highest BCUT2D eigenvalue weighted by Gasteiger charge is 2.09. The molecule has 0 bridgehead atoms. The van der Waals surface area contributed by atoms with Crippen molar-refractivity contribution in [3.05, 3.63) is 30.1 Å². The van der Waals surface area contributed by atoms with Crippen LogP contribution < -0.4 is 10.6 Å². The van der Waals surface area contributed by atoms with Gasteiger partial charge in [0.2, 0.25) is 5.91 Å². The number of imidazole rings is 1. The van der Waals surface area contributed by atoms with Crippen LogP contribution in [0.2, 0.25) is 0 Å². The van der Waals surface area contributed by atoms with Gasteiger partial charge in [0.1, 0.15) is 0 Å². The molecule has 2 rings (SSSR count). The van der Waals surface area contributed by atoms with Crippen LogP contribution >= 0.6 is 0 Å². The standard InChI is InChI=1S/C14H18N4O2/c1-9(2)6-15-13(19)7-16-14(20)10-3-4-11-12(5-10)18-8-17-11/h3-5,8-9H,6-7H2,1-2H3,(H,15,19)(H,16,20)(H,17,18). The van der Waals surface area contributed by atoms with E-state index < -0.39 is 0 Å². The molecular weight excluding hydrogens is 256 g/mol. The van der Waals surface area contributed by atoms with Crippen molar-refractivity contribution in [2.24, 2.45) is 5.92 Å². The van der Waals surface area contributed by atoms with Crippen LogP contribution in [-0.4, -0.2) is 34.9 Å². The highest BCUT2D eigenvalue weighted by Crippen LogP contribution is 2.11. The number of H-pyrrole nitrogens is 1. The summed E-state index contributed by atoms with van der Waals surface area (Å²) in [4.78, 5) is 30.5. The van der Waals surface area contributed by atoms with Gasteiger partial charge in [0.05, 0.1) is 23.9 Å². The summed E-state index contributed by atoms with van der Waals surface area (Å²) in [6, 6.07) is 5.16. The second-order valence-corrected chi connectivity index (χ2v) is 5.02. The van der Waals surface area contributed by atoms with Crippen LogP contribution in [0.15, 0.2) is 24.5 Å². The Morgan fingerprint density at radius 1 is 1.30 bits per heavy atom. The van der Waals surface area contributed by atoms with Crippen LogP contribution in [0.25, 0.3) is 11.0 Å². The molecule has 3 N–H and O–H groups in total. The summed E-state index contributed by atoms with van der Waals surface area (Å²) in [6.45, 7) is 4.61. The number of carbonyl (C=O) groups is 2. The average molecular weight is 274 g/mol. The molecule has 0 atom stereocenters. The molecule has 6 heteroatoms. The van der Waals surface area contributed by atoms with Gasteiger partial charge in [-0.25, -0.2) is 4.98 Å². The minimum Gasteiger partial charge on any atom is -0.354 e. The maximum Gasteiger partial charge on any atom is 0.251 e. The number of benzene rings is 1. The lowest BCUT2D eigenvalue weighted by atomic mass is 10.2. The van der Waals surface area contributed by atoms with E-state index in [0.29, 0.717) is 18.0 Å². The van der Waals surface area contributed by atoms with E-state index in [2.05, 4.69) is 20.6 Å². The zero-order chi connectivity index (χ0) is 14.5. The van der Waals surface area contributed by atoms with Crippen LogP contribution in [0.5, 0.6) is 0 Å². The average Bonchev–Trinajstić information content (AvgIpc) is 2.89. The number of fused-ring (bicyclic) bond motifs is 1. The Bertz CT molecular complexity index is 618. The monoisotopic (exact) mass is 274 g/mol. The van der Waals surface area contributed by atoms with Crippen LogP contribution in [0.3, 0.4) is 0 Å². The zero-order valence-electron chi connectivity index (χ0n) is 11.6. The van der Waals surface area contributed by atoms with Gasteiger partial charge >= 0.3 is 0 Å². The molecule has 0 aliphatic carbocycles.